The molecule has 0 heterocycles. The predicted octanol–water partition coefficient (Wildman–Crippen LogP) is 3.11. The van der Waals surface area contributed by atoms with Gasteiger partial charge in [-0.2, -0.15) is 0 Å². The van der Waals surface area contributed by atoms with Crippen molar-refractivity contribution in [2.24, 2.45) is 0 Å². The minimum absolute atomic E-state index is 0.176. The Morgan fingerprint density at radius 3 is 2.50 bits per heavy atom. The fraction of sp³-hybridized carbons (Fsp3) is 0.300. The van der Waals surface area contributed by atoms with Gasteiger partial charge in [-0.1, -0.05) is 23.2 Å². The number of hydrogen-bond acceptors (Lipinski definition) is 3. The molecule has 0 atom stereocenters. The van der Waals surface area contributed by atoms with E-state index in [1.165, 1.54) is 7.11 Å². The second-order valence-electron chi connectivity index (χ2n) is 3.00. The van der Waals surface area contributed by atoms with Crippen LogP contribution in [0.15, 0.2) is 12.1 Å². The Labute approximate surface area is 102 Å². The van der Waals surface area contributed by atoms with Crippen molar-refractivity contribution >= 4 is 34.9 Å². The maximum atomic E-state index is 12.8. The molecular formula is C10H10Cl2FNO2. The molecule has 0 spiro atoms. The van der Waals surface area contributed by atoms with Crippen molar-refractivity contribution in [3.05, 3.63) is 28.0 Å². The lowest BCUT2D eigenvalue weighted by Crippen LogP contribution is -2.10. The third-order valence-corrected chi connectivity index (χ3v) is 2.46. The standard InChI is InChI=1S/C10H10Cl2FNO2/c1-16-9(15)2-3-14-10-7(11)4-6(13)5-8(10)12/h4-5,14H,2-3H2,1H3. The average molecular weight is 266 g/mol. The van der Waals surface area contributed by atoms with Crippen molar-refractivity contribution in [2.45, 2.75) is 6.42 Å². The Hall–Kier alpha value is -1.00. The van der Waals surface area contributed by atoms with E-state index >= 15 is 0 Å². The second-order valence-corrected chi connectivity index (χ2v) is 3.81. The molecule has 0 radical (unpaired) electrons. The van der Waals surface area contributed by atoms with E-state index in [2.05, 4.69) is 10.1 Å². The van der Waals surface area contributed by atoms with Gasteiger partial charge in [-0.25, -0.2) is 4.39 Å². The van der Waals surface area contributed by atoms with E-state index in [1.54, 1.807) is 0 Å². The van der Waals surface area contributed by atoms with E-state index in [-0.39, 0.29) is 22.4 Å². The first-order valence-corrected chi connectivity index (χ1v) is 5.25. The first-order chi connectivity index (χ1) is 7.54. The monoisotopic (exact) mass is 265 g/mol. The molecule has 0 saturated heterocycles. The Bertz CT molecular complexity index is 375. The normalized spacial score (nSPS) is 10.0. The number of methoxy groups -OCH3 is 1. The summed E-state index contributed by atoms with van der Waals surface area (Å²) in [4.78, 5) is 10.8. The van der Waals surface area contributed by atoms with Gasteiger partial charge >= 0.3 is 5.97 Å². The molecule has 0 fully saturated rings. The zero-order chi connectivity index (χ0) is 12.1. The zero-order valence-electron chi connectivity index (χ0n) is 8.52. The molecule has 1 N–H and O–H groups in total. The molecule has 88 valence electrons. The van der Waals surface area contributed by atoms with Crippen LogP contribution >= 0.6 is 23.2 Å². The maximum Gasteiger partial charge on any atom is 0.307 e. The minimum atomic E-state index is -0.506. The molecular weight excluding hydrogens is 256 g/mol. The summed E-state index contributed by atoms with van der Waals surface area (Å²) in [6, 6.07) is 2.29. The number of halogens is 3. The molecule has 0 amide bonds. The van der Waals surface area contributed by atoms with Gasteiger partial charge < -0.3 is 10.1 Å². The van der Waals surface area contributed by atoms with Crippen LogP contribution in [0.4, 0.5) is 10.1 Å². The number of anilines is 1. The van der Waals surface area contributed by atoms with E-state index in [0.717, 1.165) is 12.1 Å². The average Bonchev–Trinajstić information content (AvgIpc) is 2.21. The quantitative estimate of drug-likeness (QED) is 0.851. The fourth-order valence-corrected chi connectivity index (χ4v) is 1.70. The van der Waals surface area contributed by atoms with Gasteiger partial charge in [-0.15, -0.1) is 0 Å². The molecule has 6 heteroatoms. The van der Waals surface area contributed by atoms with E-state index in [1.807, 2.05) is 0 Å². The number of hydrogen-bond donors (Lipinski definition) is 1. The lowest BCUT2D eigenvalue weighted by Gasteiger charge is -2.09. The first kappa shape index (κ1) is 13.1. The third-order valence-electron chi connectivity index (χ3n) is 1.87. The van der Waals surface area contributed by atoms with Gasteiger partial charge in [0.25, 0.3) is 0 Å². The molecule has 0 aliphatic rings. The Kier molecular flexibility index (Phi) is 4.83. The third kappa shape index (κ3) is 3.54. The van der Waals surface area contributed by atoms with Gasteiger partial charge in [-0.05, 0) is 12.1 Å². The summed E-state index contributed by atoms with van der Waals surface area (Å²) in [5, 5.41) is 3.19. The first-order valence-electron chi connectivity index (χ1n) is 4.50. The molecule has 16 heavy (non-hydrogen) atoms. The molecule has 0 aliphatic carbocycles. The van der Waals surface area contributed by atoms with E-state index in [9.17, 15) is 9.18 Å². The number of ether oxygens (including phenoxy) is 1. The number of carbonyl (C=O) groups is 1. The van der Waals surface area contributed by atoms with Crippen LogP contribution in [0, 0.1) is 5.82 Å². The summed E-state index contributed by atoms with van der Waals surface area (Å²) in [7, 11) is 1.31. The lowest BCUT2D eigenvalue weighted by molar-refractivity contribution is -0.140. The van der Waals surface area contributed by atoms with Crippen LogP contribution in [-0.4, -0.2) is 19.6 Å². The maximum absolute atomic E-state index is 12.8. The summed E-state index contributed by atoms with van der Waals surface area (Å²) in [6.07, 6.45) is 0.181. The van der Waals surface area contributed by atoms with Gasteiger partial charge in [0, 0.05) is 6.54 Å². The highest BCUT2D eigenvalue weighted by atomic mass is 35.5. The molecule has 3 nitrogen and oxygen atoms in total. The summed E-state index contributed by atoms with van der Waals surface area (Å²) in [5.41, 5.74) is 0.411. The minimum Gasteiger partial charge on any atom is -0.469 e. The van der Waals surface area contributed by atoms with Crippen molar-refractivity contribution in [2.75, 3.05) is 19.0 Å². The SMILES string of the molecule is COC(=O)CCNc1c(Cl)cc(F)cc1Cl. The van der Waals surface area contributed by atoms with Gasteiger partial charge in [-0.3, -0.25) is 4.79 Å². The van der Waals surface area contributed by atoms with Gasteiger partial charge in [0.05, 0.1) is 29.3 Å². The Morgan fingerprint density at radius 2 is 2.00 bits per heavy atom. The van der Waals surface area contributed by atoms with Crippen LogP contribution in [-0.2, 0) is 9.53 Å². The van der Waals surface area contributed by atoms with Crippen LogP contribution in [0.25, 0.3) is 0 Å². The molecule has 0 unspecified atom stereocenters. The fourth-order valence-electron chi connectivity index (χ4n) is 1.10. The van der Waals surface area contributed by atoms with Crippen molar-refractivity contribution in [3.63, 3.8) is 0 Å². The molecule has 0 saturated carbocycles. The Balaban J connectivity index is 2.64. The highest BCUT2D eigenvalue weighted by Gasteiger charge is 2.08. The number of carbonyl (C=O) groups excluding carboxylic acids is 1. The summed E-state index contributed by atoms with van der Waals surface area (Å²) >= 11 is 11.6. The van der Waals surface area contributed by atoms with Crippen molar-refractivity contribution < 1.29 is 13.9 Å². The van der Waals surface area contributed by atoms with Crippen molar-refractivity contribution in [3.8, 4) is 0 Å². The zero-order valence-corrected chi connectivity index (χ0v) is 10.0. The van der Waals surface area contributed by atoms with Crippen molar-refractivity contribution in [1.82, 2.24) is 0 Å². The summed E-state index contributed by atoms with van der Waals surface area (Å²) in [6.45, 7) is 0.317. The second kappa shape index (κ2) is 5.92. The number of rotatable bonds is 4. The van der Waals surface area contributed by atoms with Crippen LogP contribution < -0.4 is 5.32 Å². The molecule has 0 aliphatic heterocycles. The van der Waals surface area contributed by atoms with Gasteiger partial charge in [0.2, 0.25) is 0 Å². The lowest BCUT2D eigenvalue weighted by atomic mass is 10.3. The van der Waals surface area contributed by atoms with Crippen molar-refractivity contribution in [1.29, 1.82) is 0 Å². The number of esters is 1. The topological polar surface area (TPSA) is 38.3 Å². The summed E-state index contributed by atoms with van der Waals surface area (Å²) in [5.74, 6) is -0.852. The molecule has 1 aromatic rings. The highest BCUT2D eigenvalue weighted by molar-refractivity contribution is 6.39. The predicted molar refractivity (Wildman–Crippen MR) is 61.5 cm³/mol. The largest absolute Gasteiger partial charge is 0.469 e. The molecule has 1 rings (SSSR count). The number of benzene rings is 1. The van der Waals surface area contributed by atoms with E-state index in [0.29, 0.717) is 12.2 Å². The van der Waals surface area contributed by atoms with Crippen LogP contribution in [0.3, 0.4) is 0 Å². The Morgan fingerprint density at radius 1 is 1.44 bits per heavy atom. The van der Waals surface area contributed by atoms with Gasteiger partial charge in [0.15, 0.2) is 0 Å². The number of nitrogens with one attached hydrogen (secondary N) is 1. The molecule has 0 aromatic heterocycles. The summed E-state index contributed by atoms with van der Waals surface area (Å²) < 4.78 is 17.3. The van der Waals surface area contributed by atoms with E-state index < -0.39 is 5.82 Å². The molecule has 1 aromatic carbocycles. The van der Waals surface area contributed by atoms with Crippen LogP contribution in [0.2, 0.25) is 10.0 Å². The highest BCUT2D eigenvalue weighted by Crippen LogP contribution is 2.31. The molecule has 0 bridgehead atoms. The van der Waals surface area contributed by atoms with Gasteiger partial charge in [0.1, 0.15) is 5.82 Å². The van der Waals surface area contributed by atoms with Crippen LogP contribution in [0.1, 0.15) is 6.42 Å². The van der Waals surface area contributed by atoms with E-state index in [4.69, 9.17) is 23.2 Å². The smallest absolute Gasteiger partial charge is 0.307 e. The van der Waals surface area contributed by atoms with Crippen LogP contribution in [0.5, 0.6) is 0 Å².